The highest BCUT2D eigenvalue weighted by molar-refractivity contribution is 6.39. The van der Waals surface area contributed by atoms with Gasteiger partial charge in [0.05, 0.1) is 0 Å². The van der Waals surface area contributed by atoms with Gasteiger partial charge in [-0.1, -0.05) is 29.8 Å². The molecule has 0 saturated carbocycles. The van der Waals surface area contributed by atoms with Crippen LogP contribution in [0.3, 0.4) is 0 Å². The molecule has 0 radical (unpaired) electrons. The average molecular weight is 384 g/mol. The molecule has 28 heavy (non-hydrogen) atoms. The molecule has 2 fully saturated rings. The van der Waals surface area contributed by atoms with E-state index in [4.69, 9.17) is 0 Å². The van der Waals surface area contributed by atoms with E-state index in [1.165, 1.54) is 5.56 Å². The maximum absolute atomic E-state index is 12.7. The van der Waals surface area contributed by atoms with Crippen molar-refractivity contribution in [1.82, 2.24) is 15.2 Å². The molecule has 1 aromatic rings. The Morgan fingerprint density at radius 3 is 2.57 bits per heavy atom. The van der Waals surface area contributed by atoms with Crippen LogP contribution in [-0.4, -0.2) is 64.6 Å². The number of hydrogen-bond donors (Lipinski definition) is 2. The van der Waals surface area contributed by atoms with E-state index in [9.17, 15) is 19.5 Å². The number of nitrogens with one attached hydrogen (secondary N) is 1. The van der Waals surface area contributed by atoms with E-state index in [2.05, 4.69) is 39.7 Å². The summed E-state index contributed by atoms with van der Waals surface area (Å²) in [6.07, 6.45) is 0.529. The fourth-order valence-electron chi connectivity index (χ4n) is 4.51. The first-order valence-electron chi connectivity index (χ1n) is 9.53. The molecule has 3 aliphatic rings. The van der Waals surface area contributed by atoms with Gasteiger partial charge >= 0.3 is 5.97 Å². The number of nitrogens with zero attached hydrogens (tertiary/aromatic N) is 3. The van der Waals surface area contributed by atoms with E-state index >= 15 is 0 Å². The zero-order valence-corrected chi connectivity index (χ0v) is 15.9. The van der Waals surface area contributed by atoms with E-state index in [0.29, 0.717) is 38.3 Å². The number of carbonyl (C=O) groups is 3. The summed E-state index contributed by atoms with van der Waals surface area (Å²) in [6.45, 7) is 4.41. The van der Waals surface area contributed by atoms with Crippen LogP contribution >= 0.6 is 0 Å². The van der Waals surface area contributed by atoms with Crippen LogP contribution in [0.5, 0.6) is 0 Å². The first kappa shape index (κ1) is 18.6. The largest absolute Gasteiger partial charge is 0.481 e. The molecule has 8 nitrogen and oxygen atoms in total. The molecule has 2 saturated heterocycles. The highest BCUT2D eigenvalue weighted by Crippen LogP contribution is 2.43. The molecule has 148 valence electrons. The zero-order valence-electron chi connectivity index (χ0n) is 15.9. The third kappa shape index (κ3) is 3.28. The number of rotatable bonds is 4. The smallest absolute Gasteiger partial charge is 0.313 e. The van der Waals surface area contributed by atoms with E-state index in [1.807, 2.05) is 6.92 Å². The van der Waals surface area contributed by atoms with Crippen LogP contribution in [0.4, 0.5) is 0 Å². The van der Waals surface area contributed by atoms with Gasteiger partial charge in [-0.25, -0.2) is 5.43 Å². The predicted octanol–water partition coefficient (Wildman–Crippen LogP) is 0.606. The first-order chi connectivity index (χ1) is 13.4. The first-order valence-corrected chi connectivity index (χ1v) is 9.53. The number of hydrazone groups is 1. The van der Waals surface area contributed by atoms with Gasteiger partial charge in [-0.2, -0.15) is 5.10 Å². The fourth-order valence-corrected chi connectivity index (χ4v) is 4.51. The summed E-state index contributed by atoms with van der Waals surface area (Å²) in [5.74, 6) is -1.43. The van der Waals surface area contributed by atoms with Crippen LogP contribution in [0.2, 0.25) is 0 Å². The lowest BCUT2D eigenvalue weighted by Gasteiger charge is -2.26. The Morgan fingerprint density at radius 1 is 1.21 bits per heavy atom. The van der Waals surface area contributed by atoms with Crippen molar-refractivity contribution in [1.29, 1.82) is 0 Å². The molecule has 3 aliphatic heterocycles. The predicted molar refractivity (Wildman–Crippen MR) is 101 cm³/mol. The van der Waals surface area contributed by atoms with E-state index in [0.717, 1.165) is 5.56 Å². The van der Waals surface area contributed by atoms with Gasteiger partial charge in [0.25, 0.3) is 5.91 Å². The van der Waals surface area contributed by atoms with Crippen molar-refractivity contribution in [3.63, 3.8) is 0 Å². The lowest BCUT2D eigenvalue weighted by Crippen LogP contribution is -2.44. The standard InChI is InChI=1S/C20H24N4O4/c1-13-2-4-14(5-3-13)8-23-9-15-10-24(12-20(15,11-23)19(27)28)18(26)16-6-7-17(25)22-21-16/h2-5,15H,6-12H2,1H3,(H,22,25)(H,27,28)/t15-,20-/m0/s1. The monoisotopic (exact) mass is 384 g/mol. The summed E-state index contributed by atoms with van der Waals surface area (Å²) < 4.78 is 0. The van der Waals surface area contributed by atoms with Crippen molar-refractivity contribution in [3.05, 3.63) is 35.4 Å². The molecule has 3 heterocycles. The Kier molecular flexibility index (Phi) is 4.66. The molecule has 2 atom stereocenters. The second-order valence-electron chi connectivity index (χ2n) is 8.09. The van der Waals surface area contributed by atoms with Gasteiger partial charge in [-0.3, -0.25) is 19.3 Å². The van der Waals surface area contributed by atoms with Crippen LogP contribution in [0.1, 0.15) is 24.0 Å². The van der Waals surface area contributed by atoms with Gasteiger partial charge in [0.2, 0.25) is 5.91 Å². The Morgan fingerprint density at radius 2 is 1.96 bits per heavy atom. The Hall–Kier alpha value is -2.74. The maximum atomic E-state index is 12.7. The number of hydrogen-bond acceptors (Lipinski definition) is 5. The number of fused-ring (bicyclic) bond motifs is 1. The molecule has 0 bridgehead atoms. The van der Waals surface area contributed by atoms with Gasteiger partial charge in [0, 0.05) is 51.5 Å². The molecule has 0 unspecified atom stereocenters. The van der Waals surface area contributed by atoms with Gasteiger partial charge < -0.3 is 10.0 Å². The summed E-state index contributed by atoms with van der Waals surface area (Å²) in [4.78, 5) is 39.9. The average Bonchev–Trinajstić information content (AvgIpc) is 3.19. The summed E-state index contributed by atoms with van der Waals surface area (Å²) in [5.41, 5.74) is 4.04. The lowest BCUT2D eigenvalue weighted by atomic mass is 9.81. The maximum Gasteiger partial charge on any atom is 0.313 e. The molecule has 2 N–H and O–H groups in total. The van der Waals surface area contributed by atoms with Crippen LogP contribution in [0, 0.1) is 18.3 Å². The summed E-state index contributed by atoms with van der Waals surface area (Å²) in [5, 5.41) is 13.8. The van der Waals surface area contributed by atoms with Crippen molar-refractivity contribution < 1.29 is 19.5 Å². The zero-order chi connectivity index (χ0) is 19.9. The minimum Gasteiger partial charge on any atom is -0.481 e. The van der Waals surface area contributed by atoms with Crippen molar-refractivity contribution in [2.45, 2.75) is 26.3 Å². The minimum atomic E-state index is -0.946. The number of aliphatic carboxylic acids is 1. The van der Waals surface area contributed by atoms with Gasteiger partial charge in [-0.15, -0.1) is 0 Å². The summed E-state index contributed by atoms with van der Waals surface area (Å²) >= 11 is 0. The third-order valence-electron chi connectivity index (χ3n) is 6.07. The molecule has 8 heteroatoms. The fraction of sp³-hybridized carbons (Fsp3) is 0.500. The number of carboxylic acid groups (broad SMARTS) is 1. The van der Waals surface area contributed by atoms with Crippen LogP contribution in [-0.2, 0) is 20.9 Å². The molecule has 2 amide bonds. The number of likely N-dealkylation sites (tertiary alicyclic amines) is 2. The minimum absolute atomic E-state index is 0.113. The number of amides is 2. The van der Waals surface area contributed by atoms with Gasteiger partial charge in [0.1, 0.15) is 11.1 Å². The highest BCUT2D eigenvalue weighted by Gasteiger charge is 2.58. The number of benzene rings is 1. The summed E-state index contributed by atoms with van der Waals surface area (Å²) in [7, 11) is 0. The van der Waals surface area contributed by atoms with E-state index in [-0.39, 0.29) is 30.7 Å². The second-order valence-corrected chi connectivity index (χ2v) is 8.09. The number of carbonyl (C=O) groups excluding carboxylic acids is 2. The molecular weight excluding hydrogens is 360 g/mol. The summed E-state index contributed by atoms with van der Waals surface area (Å²) in [6, 6.07) is 8.26. The molecule has 0 spiro atoms. The molecule has 1 aromatic carbocycles. The number of carboxylic acids is 1. The lowest BCUT2D eigenvalue weighted by molar-refractivity contribution is -0.149. The van der Waals surface area contributed by atoms with E-state index < -0.39 is 11.4 Å². The topological polar surface area (TPSA) is 102 Å². The van der Waals surface area contributed by atoms with Crippen molar-refractivity contribution in [2.75, 3.05) is 26.2 Å². The highest BCUT2D eigenvalue weighted by atomic mass is 16.4. The quantitative estimate of drug-likeness (QED) is 0.792. The molecule has 0 aliphatic carbocycles. The Bertz CT molecular complexity index is 850. The van der Waals surface area contributed by atoms with Crippen LogP contribution in [0.25, 0.3) is 0 Å². The van der Waals surface area contributed by atoms with Crippen molar-refractivity contribution in [2.24, 2.45) is 16.4 Å². The Balaban J connectivity index is 1.46. The number of aryl methyl sites for hydroxylation is 1. The van der Waals surface area contributed by atoms with Crippen molar-refractivity contribution in [3.8, 4) is 0 Å². The second kappa shape index (κ2) is 7.01. The SMILES string of the molecule is Cc1ccc(CN2C[C@H]3CN(C(=O)C4=NNC(=O)CC4)C[C@@]3(C(=O)O)C2)cc1. The molecule has 4 rings (SSSR count). The van der Waals surface area contributed by atoms with Crippen molar-refractivity contribution >= 4 is 23.5 Å². The third-order valence-corrected chi connectivity index (χ3v) is 6.07. The normalized spacial score (nSPS) is 27.3. The van der Waals surface area contributed by atoms with Gasteiger partial charge in [-0.05, 0) is 12.5 Å². The van der Waals surface area contributed by atoms with Gasteiger partial charge in [0.15, 0.2) is 0 Å². The van der Waals surface area contributed by atoms with Crippen LogP contribution in [0.15, 0.2) is 29.4 Å². The Labute approximate surface area is 163 Å². The van der Waals surface area contributed by atoms with E-state index in [1.54, 1.807) is 4.90 Å². The molecular formula is C20H24N4O4. The van der Waals surface area contributed by atoms with Crippen LogP contribution < -0.4 is 5.43 Å². The molecule has 0 aromatic heterocycles.